The zero-order valence-electron chi connectivity index (χ0n) is 10.4. The van der Waals surface area contributed by atoms with Crippen molar-refractivity contribution >= 4 is 28.7 Å². The molecular weight excluding hydrogens is 262 g/mol. The monoisotopic (exact) mass is 279 g/mol. The molecule has 18 heavy (non-hydrogen) atoms. The number of hydrogen-bond acceptors (Lipinski definition) is 4. The van der Waals surface area contributed by atoms with Crippen molar-refractivity contribution in [3.8, 4) is 10.4 Å². The largest absolute Gasteiger partial charge is 0.383 e. The lowest BCUT2D eigenvalue weighted by Gasteiger charge is -1.98. The number of thiophene rings is 2. The van der Waals surface area contributed by atoms with Gasteiger partial charge in [-0.2, -0.15) is 0 Å². The minimum absolute atomic E-state index is 0.759. The van der Waals surface area contributed by atoms with Crippen molar-refractivity contribution in [2.24, 2.45) is 0 Å². The lowest BCUT2D eigenvalue weighted by molar-refractivity contribution is 0.200. The van der Waals surface area contributed by atoms with E-state index in [4.69, 9.17) is 4.74 Å². The van der Waals surface area contributed by atoms with Gasteiger partial charge in [-0.1, -0.05) is 12.1 Å². The molecule has 0 spiro atoms. The molecule has 2 heterocycles. The molecule has 0 aliphatic heterocycles. The number of ether oxygens (including phenoxy) is 1. The highest BCUT2D eigenvalue weighted by atomic mass is 32.1. The SMILES string of the molecule is COCCNCC=Cc1cc(-c2cccs2)cs1. The Morgan fingerprint density at radius 1 is 1.39 bits per heavy atom. The topological polar surface area (TPSA) is 21.3 Å². The zero-order valence-corrected chi connectivity index (χ0v) is 12.0. The van der Waals surface area contributed by atoms with Crippen LogP contribution in [0.15, 0.2) is 35.0 Å². The predicted octanol–water partition coefficient (Wildman–Crippen LogP) is 3.73. The molecule has 0 saturated carbocycles. The molecule has 2 rings (SSSR count). The molecule has 4 heteroatoms. The second-order valence-electron chi connectivity index (χ2n) is 3.81. The highest BCUT2D eigenvalue weighted by molar-refractivity contribution is 7.15. The number of hydrogen-bond donors (Lipinski definition) is 1. The van der Waals surface area contributed by atoms with Crippen LogP contribution in [0.3, 0.4) is 0 Å². The van der Waals surface area contributed by atoms with Crippen molar-refractivity contribution in [3.63, 3.8) is 0 Å². The molecule has 0 aliphatic carbocycles. The Bertz CT molecular complexity index is 474. The molecule has 0 bridgehead atoms. The fourth-order valence-electron chi connectivity index (χ4n) is 1.55. The average molecular weight is 279 g/mol. The molecule has 0 radical (unpaired) electrons. The fourth-order valence-corrected chi connectivity index (χ4v) is 3.16. The number of methoxy groups -OCH3 is 1. The maximum Gasteiger partial charge on any atom is 0.0587 e. The minimum Gasteiger partial charge on any atom is -0.383 e. The van der Waals surface area contributed by atoms with Crippen molar-refractivity contribution in [1.29, 1.82) is 0 Å². The van der Waals surface area contributed by atoms with Crippen LogP contribution >= 0.6 is 22.7 Å². The van der Waals surface area contributed by atoms with Gasteiger partial charge in [0.1, 0.15) is 0 Å². The van der Waals surface area contributed by atoms with E-state index in [2.05, 4.69) is 46.4 Å². The summed E-state index contributed by atoms with van der Waals surface area (Å²) in [5.41, 5.74) is 1.32. The molecule has 0 fully saturated rings. The molecule has 0 amide bonds. The first-order valence-corrected chi connectivity index (χ1v) is 7.64. The Kier molecular flexibility index (Phi) is 5.61. The number of rotatable bonds is 7. The van der Waals surface area contributed by atoms with Crippen LogP contribution in [-0.2, 0) is 4.74 Å². The summed E-state index contributed by atoms with van der Waals surface area (Å²) in [6, 6.07) is 6.49. The summed E-state index contributed by atoms with van der Waals surface area (Å²) in [5, 5.41) is 7.61. The van der Waals surface area contributed by atoms with E-state index in [0.717, 1.165) is 19.7 Å². The standard InChI is InChI=1S/C14H17NOS2/c1-16-8-7-15-6-2-4-13-10-12(11-18-13)14-5-3-9-17-14/h2-5,9-11,15H,6-8H2,1H3. The molecule has 0 atom stereocenters. The first kappa shape index (κ1) is 13.5. The third-order valence-corrected chi connectivity index (χ3v) is 4.27. The Balaban J connectivity index is 1.82. The Morgan fingerprint density at radius 2 is 2.33 bits per heavy atom. The molecule has 0 aliphatic rings. The summed E-state index contributed by atoms with van der Waals surface area (Å²) in [6.45, 7) is 2.54. The average Bonchev–Trinajstić information content (AvgIpc) is 3.03. The second kappa shape index (κ2) is 7.48. The van der Waals surface area contributed by atoms with Gasteiger partial charge in [0.15, 0.2) is 0 Å². The van der Waals surface area contributed by atoms with Crippen molar-refractivity contribution in [1.82, 2.24) is 5.32 Å². The zero-order chi connectivity index (χ0) is 12.6. The highest BCUT2D eigenvalue weighted by Gasteiger charge is 2.00. The normalized spacial score (nSPS) is 11.4. The molecule has 2 nitrogen and oxygen atoms in total. The van der Waals surface area contributed by atoms with Crippen LogP contribution < -0.4 is 5.32 Å². The van der Waals surface area contributed by atoms with Gasteiger partial charge in [0, 0.05) is 35.5 Å². The van der Waals surface area contributed by atoms with Crippen LogP contribution in [0.2, 0.25) is 0 Å². The van der Waals surface area contributed by atoms with Crippen LogP contribution in [0.5, 0.6) is 0 Å². The maximum atomic E-state index is 4.97. The molecule has 0 unspecified atom stereocenters. The molecule has 1 N–H and O–H groups in total. The van der Waals surface area contributed by atoms with Crippen LogP contribution in [0.4, 0.5) is 0 Å². The van der Waals surface area contributed by atoms with Gasteiger partial charge in [0.05, 0.1) is 6.61 Å². The van der Waals surface area contributed by atoms with Gasteiger partial charge >= 0.3 is 0 Å². The van der Waals surface area contributed by atoms with E-state index in [1.165, 1.54) is 15.3 Å². The van der Waals surface area contributed by atoms with E-state index < -0.39 is 0 Å². The quantitative estimate of drug-likeness (QED) is 0.780. The molecule has 0 saturated heterocycles. The van der Waals surface area contributed by atoms with Crippen molar-refractivity contribution in [2.45, 2.75) is 0 Å². The summed E-state index contributed by atoms with van der Waals surface area (Å²) in [7, 11) is 1.72. The first-order chi connectivity index (χ1) is 8.90. The lowest BCUT2D eigenvalue weighted by Crippen LogP contribution is -2.18. The van der Waals surface area contributed by atoms with E-state index in [-0.39, 0.29) is 0 Å². The molecular formula is C14H17NOS2. The molecule has 2 aromatic heterocycles. The van der Waals surface area contributed by atoms with Gasteiger partial charge < -0.3 is 10.1 Å². The van der Waals surface area contributed by atoms with Gasteiger partial charge in [0.25, 0.3) is 0 Å². The van der Waals surface area contributed by atoms with Gasteiger partial charge in [-0.15, -0.1) is 22.7 Å². The smallest absolute Gasteiger partial charge is 0.0587 e. The van der Waals surface area contributed by atoms with E-state index in [9.17, 15) is 0 Å². The van der Waals surface area contributed by atoms with Crippen LogP contribution in [0, 0.1) is 0 Å². The van der Waals surface area contributed by atoms with Crippen molar-refractivity contribution in [2.75, 3.05) is 26.8 Å². The number of nitrogens with one attached hydrogen (secondary N) is 1. The van der Waals surface area contributed by atoms with E-state index in [0.29, 0.717) is 0 Å². The molecule has 0 aromatic carbocycles. The summed E-state index contributed by atoms with van der Waals surface area (Å²) in [6.07, 6.45) is 4.32. The summed E-state index contributed by atoms with van der Waals surface area (Å²) < 4.78 is 4.97. The Labute approximate surface area is 116 Å². The maximum absolute atomic E-state index is 4.97. The van der Waals surface area contributed by atoms with Crippen molar-refractivity contribution in [3.05, 3.63) is 39.9 Å². The Morgan fingerprint density at radius 3 is 3.11 bits per heavy atom. The van der Waals surface area contributed by atoms with Gasteiger partial charge in [-0.25, -0.2) is 0 Å². The van der Waals surface area contributed by atoms with Gasteiger partial charge in [-0.3, -0.25) is 0 Å². The van der Waals surface area contributed by atoms with Crippen molar-refractivity contribution < 1.29 is 4.74 Å². The van der Waals surface area contributed by atoms with Crippen LogP contribution in [0.1, 0.15) is 4.88 Å². The lowest BCUT2D eigenvalue weighted by atomic mass is 10.2. The third kappa shape index (κ3) is 4.07. The van der Waals surface area contributed by atoms with Gasteiger partial charge in [0.2, 0.25) is 0 Å². The van der Waals surface area contributed by atoms with Gasteiger partial charge in [-0.05, 0) is 29.0 Å². The third-order valence-electron chi connectivity index (χ3n) is 2.45. The fraction of sp³-hybridized carbons (Fsp3) is 0.286. The minimum atomic E-state index is 0.759. The predicted molar refractivity (Wildman–Crippen MR) is 81.4 cm³/mol. The van der Waals surface area contributed by atoms with Crippen LogP contribution in [-0.4, -0.2) is 26.8 Å². The summed E-state index contributed by atoms with van der Waals surface area (Å²) >= 11 is 3.57. The highest BCUT2D eigenvalue weighted by Crippen LogP contribution is 2.29. The van der Waals surface area contributed by atoms with E-state index in [1.807, 2.05) is 0 Å². The Hall–Kier alpha value is -0.940. The van der Waals surface area contributed by atoms with E-state index in [1.54, 1.807) is 29.8 Å². The summed E-state index contributed by atoms with van der Waals surface area (Å²) in [4.78, 5) is 2.64. The van der Waals surface area contributed by atoms with E-state index >= 15 is 0 Å². The summed E-state index contributed by atoms with van der Waals surface area (Å²) in [5.74, 6) is 0. The first-order valence-electron chi connectivity index (χ1n) is 5.89. The second-order valence-corrected chi connectivity index (χ2v) is 5.70. The van der Waals surface area contributed by atoms with Crippen LogP contribution in [0.25, 0.3) is 16.5 Å². The molecule has 2 aromatic rings. The molecule has 96 valence electrons.